The third-order valence-electron chi connectivity index (χ3n) is 4.25. The molecule has 1 fully saturated rings. The molecule has 2 N–H and O–H groups in total. The molecule has 0 heterocycles. The average Bonchev–Trinajstić information content (AvgIpc) is 2.73. The largest absolute Gasteiger partial charge is 0.392 e. The van der Waals surface area contributed by atoms with Crippen LogP contribution in [0.1, 0.15) is 47.0 Å². The van der Waals surface area contributed by atoms with Gasteiger partial charge in [0, 0.05) is 24.3 Å². The highest BCUT2D eigenvalue weighted by molar-refractivity contribution is 7.91. The lowest BCUT2D eigenvalue weighted by atomic mass is 9.80. The molecule has 0 bridgehead atoms. The molecule has 0 radical (unpaired) electrons. The molecule has 0 aromatic carbocycles. The van der Waals surface area contributed by atoms with Crippen LogP contribution in [0.3, 0.4) is 0 Å². The Bertz CT molecular complexity index is 389. The molecule has 1 rings (SSSR count). The molecule has 114 valence electrons. The molecule has 19 heavy (non-hydrogen) atoms. The Balaban J connectivity index is 2.61. The molecule has 0 aromatic heterocycles. The Morgan fingerprint density at radius 3 is 2.37 bits per heavy atom. The molecule has 0 spiro atoms. The van der Waals surface area contributed by atoms with Crippen molar-refractivity contribution in [1.82, 2.24) is 5.32 Å². The Morgan fingerprint density at radius 1 is 1.32 bits per heavy atom. The van der Waals surface area contributed by atoms with Crippen molar-refractivity contribution < 1.29 is 13.5 Å². The van der Waals surface area contributed by atoms with Gasteiger partial charge in [0.25, 0.3) is 0 Å². The van der Waals surface area contributed by atoms with E-state index in [9.17, 15) is 13.5 Å². The Kier molecular flexibility index (Phi) is 5.43. The van der Waals surface area contributed by atoms with Crippen molar-refractivity contribution in [3.8, 4) is 0 Å². The van der Waals surface area contributed by atoms with Crippen LogP contribution in [0.25, 0.3) is 0 Å². The number of sulfone groups is 1. The number of hydrogen-bond acceptors (Lipinski definition) is 4. The summed E-state index contributed by atoms with van der Waals surface area (Å²) in [5, 5.41) is 13.3. The zero-order chi connectivity index (χ0) is 14.8. The number of aliphatic hydroxyl groups excluding tert-OH is 1. The van der Waals surface area contributed by atoms with Crippen molar-refractivity contribution >= 4 is 9.84 Å². The zero-order valence-electron chi connectivity index (χ0n) is 12.8. The van der Waals surface area contributed by atoms with E-state index < -0.39 is 15.9 Å². The predicted octanol–water partition coefficient (Wildman–Crippen LogP) is 1.58. The summed E-state index contributed by atoms with van der Waals surface area (Å²) in [5.74, 6) is 0.200. The van der Waals surface area contributed by atoms with E-state index in [1.54, 1.807) is 0 Å². The van der Waals surface area contributed by atoms with Crippen molar-refractivity contribution in [3.05, 3.63) is 0 Å². The maximum Gasteiger partial charge on any atom is 0.151 e. The van der Waals surface area contributed by atoms with Crippen molar-refractivity contribution in [2.24, 2.45) is 11.3 Å². The molecule has 0 aromatic rings. The van der Waals surface area contributed by atoms with Gasteiger partial charge in [0.1, 0.15) is 0 Å². The van der Waals surface area contributed by atoms with E-state index in [1.807, 2.05) is 27.7 Å². The predicted molar refractivity (Wildman–Crippen MR) is 78.9 cm³/mol. The van der Waals surface area contributed by atoms with Gasteiger partial charge in [0.2, 0.25) is 0 Å². The first-order chi connectivity index (χ1) is 8.55. The number of rotatable bonds is 6. The summed E-state index contributed by atoms with van der Waals surface area (Å²) >= 11 is 0. The van der Waals surface area contributed by atoms with Gasteiger partial charge in [-0.25, -0.2) is 8.42 Å². The van der Waals surface area contributed by atoms with Crippen molar-refractivity contribution in [1.29, 1.82) is 0 Å². The Hall–Kier alpha value is -0.130. The Morgan fingerprint density at radius 2 is 1.89 bits per heavy atom. The summed E-state index contributed by atoms with van der Waals surface area (Å²) in [4.78, 5) is 0. The van der Waals surface area contributed by atoms with E-state index in [4.69, 9.17) is 0 Å². The van der Waals surface area contributed by atoms with E-state index in [0.717, 1.165) is 19.3 Å². The van der Waals surface area contributed by atoms with Gasteiger partial charge in [-0.05, 0) is 18.8 Å². The van der Waals surface area contributed by atoms with Crippen LogP contribution < -0.4 is 5.32 Å². The molecule has 3 unspecified atom stereocenters. The van der Waals surface area contributed by atoms with Crippen molar-refractivity contribution in [2.75, 3.05) is 12.8 Å². The SMILES string of the molecule is CC(C)C(O)C(C)(C)CNC1CCCC1S(C)(=O)=O. The molecular formula is C14H29NO3S. The van der Waals surface area contributed by atoms with E-state index in [-0.39, 0.29) is 22.6 Å². The van der Waals surface area contributed by atoms with Gasteiger partial charge in [0.15, 0.2) is 9.84 Å². The minimum absolute atomic E-state index is 0.0358. The summed E-state index contributed by atoms with van der Waals surface area (Å²) in [6.45, 7) is 8.69. The second-order valence-electron chi connectivity index (χ2n) is 6.96. The van der Waals surface area contributed by atoms with Gasteiger partial charge in [0.05, 0.1) is 11.4 Å². The normalized spacial score (nSPS) is 26.9. The summed E-state index contributed by atoms with van der Waals surface area (Å²) in [6.07, 6.45) is 3.56. The van der Waals surface area contributed by atoms with Crippen LogP contribution in [-0.2, 0) is 9.84 Å². The molecular weight excluding hydrogens is 262 g/mol. The summed E-state index contributed by atoms with van der Waals surface area (Å²) in [5.41, 5.74) is -0.251. The molecule has 0 saturated heterocycles. The second-order valence-corrected chi connectivity index (χ2v) is 9.23. The van der Waals surface area contributed by atoms with E-state index in [1.165, 1.54) is 6.26 Å². The summed E-state index contributed by atoms with van der Waals surface area (Å²) < 4.78 is 23.4. The van der Waals surface area contributed by atoms with Crippen molar-refractivity contribution in [2.45, 2.75) is 64.4 Å². The van der Waals surface area contributed by atoms with Gasteiger partial charge < -0.3 is 10.4 Å². The summed E-state index contributed by atoms with van der Waals surface area (Å²) in [6, 6.07) is 0.0358. The van der Waals surface area contributed by atoms with E-state index in [0.29, 0.717) is 6.54 Å². The quantitative estimate of drug-likeness (QED) is 0.780. The minimum atomic E-state index is -2.98. The van der Waals surface area contributed by atoms with Crippen LogP contribution >= 0.6 is 0 Å². The standard InChI is InChI=1S/C14H29NO3S/c1-10(2)13(16)14(3,4)9-15-11-7-6-8-12(11)19(5,17)18/h10-13,15-16H,6-9H2,1-5H3. The number of aliphatic hydroxyl groups is 1. The molecule has 1 aliphatic rings. The highest BCUT2D eigenvalue weighted by atomic mass is 32.2. The molecule has 3 atom stereocenters. The lowest BCUT2D eigenvalue weighted by Crippen LogP contribution is -2.48. The number of hydrogen-bond donors (Lipinski definition) is 2. The molecule has 5 heteroatoms. The fourth-order valence-corrected chi connectivity index (χ4v) is 4.50. The third kappa shape index (κ3) is 4.43. The van der Waals surface area contributed by atoms with Crippen LogP contribution in [0, 0.1) is 11.3 Å². The average molecular weight is 291 g/mol. The number of nitrogens with one attached hydrogen (secondary N) is 1. The van der Waals surface area contributed by atoms with Crippen molar-refractivity contribution in [3.63, 3.8) is 0 Å². The third-order valence-corrected chi connectivity index (χ3v) is 5.92. The first-order valence-electron chi connectivity index (χ1n) is 7.16. The molecule has 1 saturated carbocycles. The minimum Gasteiger partial charge on any atom is -0.392 e. The van der Waals surface area contributed by atoms with Gasteiger partial charge >= 0.3 is 0 Å². The van der Waals surface area contributed by atoms with Gasteiger partial charge in [-0.2, -0.15) is 0 Å². The van der Waals surface area contributed by atoms with E-state index >= 15 is 0 Å². The summed E-state index contributed by atoms with van der Waals surface area (Å²) in [7, 11) is -2.98. The van der Waals surface area contributed by atoms with E-state index in [2.05, 4.69) is 5.32 Å². The molecule has 0 aliphatic heterocycles. The fraction of sp³-hybridized carbons (Fsp3) is 1.00. The highest BCUT2D eigenvalue weighted by Crippen LogP contribution is 2.28. The monoisotopic (exact) mass is 291 g/mol. The zero-order valence-corrected chi connectivity index (χ0v) is 13.6. The van der Waals surface area contributed by atoms with Crippen LogP contribution in [-0.4, -0.2) is 43.7 Å². The highest BCUT2D eigenvalue weighted by Gasteiger charge is 2.37. The lowest BCUT2D eigenvalue weighted by molar-refractivity contribution is 0.0123. The second kappa shape index (κ2) is 6.10. The fourth-order valence-electron chi connectivity index (χ4n) is 3.07. The molecule has 4 nitrogen and oxygen atoms in total. The maximum absolute atomic E-state index is 11.7. The van der Waals surface area contributed by atoms with Crippen LogP contribution in [0.15, 0.2) is 0 Å². The van der Waals surface area contributed by atoms with Crippen LogP contribution in [0.5, 0.6) is 0 Å². The Labute approximate surface area is 117 Å². The smallest absolute Gasteiger partial charge is 0.151 e. The molecule has 0 amide bonds. The first kappa shape index (κ1) is 16.9. The van der Waals surface area contributed by atoms with Gasteiger partial charge in [-0.1, -0.05) is 34.1 Å². The van der Waals surface area contributed by atoms with Gasteiger partial charge in [-0.15, -0.1) is 0 Å². The maximum atomic E-state index is 11.7. The van der Waals surface area contributed by atoms with Gasteiger partial charge in [-0.3, -0.25) is 0 Å². The first-order valence-corrected chi connectivity index (χ1v) is 9.11. The molecule has 1 aliphatic carbocycles. The lowest BCUT2D eigenvalue weighted by Gasteiger charge is -2.35. The topological polar surface area (TPSA) is 66.4 Å². The van der Waals surface area contributed by atoms with Crippen LogP contribution in [0.4, 0.5) is 0 Å². The van der Waals surface area contributed by atoms with Crippen LogP contribution in [0.2, 0.25) is 0 Å².